The Balaban J connectivity index is 1.70. The Labute approximate surface area is 157 Å². The Morgan fingerprint density at radius 1 is 1.15 bits per heavy atom. The first-order valence-electron chi connectivity index (χ1n) is 8.95. The summed E-state index contributed by atoms with van der Waals surface area (Å²) in [6.45, 7) is 5.06. The number of nitrogens with two attached hydrogens (primary N) is 1. The highest BCUT2D eigenvalue weighted by Gasteiger charge is 2.32. The van der Waals surface area contributed by atoms with E-state index < -0.39 is 16.1 Å². The minimum absolute atomic E-state index is 0.113. The SMILES string of the molecule is CC(C)C[C@H](N)C(=O)N1CCN(S(=O)(=O)c2ccc3[nH]c(=O)[nH]c3c2)CC1. The number of nitrogens with zero attached hydrogens (tertiary/aromatic N) is 2. The summed E-state index contributed by atoms with van der Waals surface area (Å²) in [5.41, 5.74) is 6.56. The summed E-state index contributed by atoms with van der Waals surface area (Å²) in [5, 5.41) is 0. The van der Waals surface area contributed by atoms with Crippen molar-refractivity contribution in [2.45, 2.75) is 31.2 Å². The maximum absolute atomic E-state index is 12.9. The van der Waals surface area contributed by atoms with Crippen molar-refractivity contribution in [3.8, 4) is 0 Å². The first kappa shape index (κ1) is 19.6. The molecule has 9 nitrogen and oxygen atoms in total. The molecule has 3 rings (SSSR count). The van der Waals surface area contributed by atoms with Gasteiger partial charge in [0.15, 0.2) is 0 Å². The highest BCUT2D eigenvalue weighted by Crippen LogP contribution is 2.21. The summed E-state index contributed by atoms with van der Waals surface area (Å²) >= 11 is 0. The molecule has 0 spiro atoms. The predicted molar refractivity (Wildman–Crippen MR) is 102 cm³/mol. The van der Waals surface area contributed by atoms with E-state index in [2.05, 4.69) is 9.97 Å². The molecule has 10 heteroatoms. The number of piperazine rings is 1. The topological polar surface area (TPSA) is 132 Å². The Hall–Kier alpha value is -2.17. The van der Waals surface area contributed by atoms with Crippen LogP contribution in [0.3, 0.4) is 0 Å². The van der Waals surface area contributed by atoms with E-state index in [-0.39, 0.29) is 29.6 Å². The van der Waals surface area contributed by atoms with Gasteiger partial charge in [-0.05, 0) is 30.5 Å². The number of imidazole rings is 1. The van der Waals surface area contributed by atoms with Gasteiger partial charge in [0.05, 0.1) is 22.0 Å². The summed E-state index contributed by atoms with van der Waals surface area (Å²) in [4.78, 5) is 30.6. The molecule has 1 aliphatic rings. The van der Waals surface area contributed by atoms with Crippen molar-refractivity contribution >= 4 is 27.0 Å². The van der Waals surface area contributed by atoms with Crippen molar-refractivity contribution in [1.82, 2.24) is 19.2 Å². The van der Waals surface area contributed by atoms with Crippen LogP contribution in [0.1, 0.15) is 20.3 Å². The number of hydrogen-bond acceptors (Lipinski definition) is 5. The molecular formula is C17H25N5O4S. The molecule has 4 N–H and O–H groups in total. The number of rotatable bonds is 5. The van der Waals surface area contributed by atoms with E-state index in [0.29, 0.717) is 36.5 Å². The minimum atomic E-state index is -3.70. The first-order valence-corrected chi connectivity index (χ1v) is 10.4. The molecule has 0 unspecified atom stereocenters. The van der Waals surface area contributed by atoms with Gasteiger partial charge in [-0.3, -0.25) is 4.79 Å². The van der Waals surface area contributed by atoms with Gasteiger partial charge in [0.25, 0.3) is 0 Å². The zero-order chi connectivity index (χ0) is 19.8. The molecule has 2 aromatic rings. The number of amides is 1. The fourth-order valence-electron chi connectivity index (χ4n) is 3.31. The smallest absolute Gasteiger partial charge is 0.323 e. The van der Waals surface area contributed by atoms with Crippen LogP contribution in [0.5, 0.6) is 0 Å². The van der Waals surface area contributed by atoms with Crippen molar-refractivity contribution in [2.24, 2.45) is 11.7 Å². The Morgan fingerprint density at radius 3 is 2.41 bits per heavy atom. The lowest BCUT2D eigenvalue weighted by Crippen LogP contribution is -2.54. The fraction of sp³-hybridized carbons (Fsp3) is 0.529. The third kappa shape index (κ3) is 4.07. The predicted octanol–water partition coefficient (Wildman–Crippen LogP) is 0.0625. The molecule has 1 aliphatic heterocycles. The van der Waals surface area contributed by atoms with E-state index in [1.165, 1.54) is 16.4 Å². The molecule has 0 radical (unpaired) electrons. The van der Waals surface area contributed by atoms with E-state index in [1.807, 2.05) is 13.8 Å². The van der Waals surface area contributed by atoms with Crippen LogP contribution in [0.2, 0.25) is 0 Å². The van der Waals surface area contributed by atoms with Crippen LogP contribution in [0, 0.1) is 5.92 Å². The van der Waals surface area contributed by atoms with E-state index in [4.69, 9.17) is 5.73 Å². The molecule has 1 saturated heterocycles. The molecule has 0 saturated carbocycles. The normalized spacial score (nSPS) is 17.6. The van der Waals surface area contributed by atoms with Crippen molar-refractivity contribution in [2.75, 3.05) is 26.2 Å². The molecule has 1 amide bonds. The van der Waals surface area contributed by atoms with Crippen molar-refractivity contribution in [3.63, 3.8) is 0 Å². The van der Waals surface area contributed by atoms with Gasteiger partial charge in [0.1, 0.15) is 0 Å². The van der Waals surface area contributed by atoms with Crippen LogP contribution in [-0.2, 0) is 14.8 Å². The van der Waals surface area contributed by atoms with Gasteiger partial charge >= 0.3 is 5.69 Å². The van der Waals surface area contributed by atoms with Gasteiger partial charge in [0, 0.05) is 26.2 Å². The Morgan fingerprint density at radius 2 is 1.78 bits per heavy atom. The summed E-state index contributed by atoms with van der Waals surface area (Å²) < 4.78 is 27.1. The van der Waals surface area contributed by atoms with Crippen LogP contribution in [0.15, 0.2) is 27.9 Å². The highest BCUT2D eigenvalue weighted by atomic mass is 32.2. The van der Waals surface area contributed by atoms with Crippen LogP contribution in [0.25, 0.3) is 11.0 Å². The summed E-state index contributed by atoms with van der Waals surface area (Å²) in [6.07, 6.45) is 0.603. The second kappa shape index (κ2) is 7.45. The summed E-state index contributed by atoms with van der Waals surface area (Å²) in [6, 6.07) is 3.92. The van der Waals surface area contributed by atoms with Crippen LogP contribution >= 0.6 is 0 Å². The molecule has 1 atom stereocenters. The zero-order valence-electron chi connectivity index (χ0n) is 15.4. The molecule has 1 aromatic heterocycles. The third-order valence-electron chi connectivity index (χ3n) is 4.72. The van der Waals surface area contributed by atoms with Crippen molar-refractivity contribution in [1.29, 1.82) is 0 Å². The standard InChI is InChI=1S/C17H25N5O4S/c1-11(2)9-13(18)16(23)21-5-7-22(8-6-21)27(25,26)12-3-4-14-15(10-12)20-17(24)19-14/h3-4,10-11,13H,5-9,18H2,1-2H3,(H2,19,20,24)/t13-/m0/s1. The molecule has 2 heterocycles. The largest absolute Gasteiger partial charge is 0.339 e. The lowest BCUT2D eigenvalue weighted by molar-refractivity contribution is -0.134. The Kier molecular flexibility index (Phi) is 5.41. The number of carbonyl (C=O) groups excluding carboxylic acids is 1. The molecule has 0 aliphatic carbocycles. The molecule has 1 fully saturated rings. The van der Waals surface area contributed by atoms with E-state index in [0.717, 1.165) is 0 Å². The van der Waals surface area contributed by atoms with E-state index in [1.54, 1.807) is 11.0 Å². The summed E-state index contributed by atoms with van der Waals surface area (Å²) in [5.74, 6) is 0.187. The molecule has 1 aromatic carbocycles. The molecule has 148 valence electrons. The van der Waals surface area contributed by atoms with E-state index in [9.17, 15) is 18.0 Å². The maximum atomic E-state index is 12.9. The number of hydrogen-bond donors (Lipinski definition) is 3. The minimum Gasteiger partial charge on any atom is -0.339 e. The van der Waals surface area contributed by atoms with Crippen molar-refractivity contribution in [3.05, 3.63) is 28.7 Å². The number of fused-ring (bicyclic) bond motifs is 1. The number of benzene rings is 1. The van der Waals surface area contributed by atoms with Gasteiger partial charge in [-0.1, -0.05) is 13.8 Å². The highest BCUT2D eigenvalue weighted by molar-refractivity contribution is 7.89. The van der Waals surface area contributed by atoms with Gasteiger partial charge < -0.3 is 20.6 Å². The zero-order valence-corrected chi connectivity index (χ0v) is 16.3. The number of nitrogens with one attached hydrogen (secondary N) is 2. The monoisotopic (exact) mass is 395 g/mol. The van der Waals surface area contributed by atoms with Crippen LogP contribution in [-0.4, -0.2) is 65.7 Å². The van der Waals surface area contributed by atoms with Gasteiger partial charge in [-0.15, -0.1) is 0 Å². The number of carbonyl (C=O) groups is 1. The fourth-order valence-corrected chi connectivity index (χ4v) is 4.76. The number of H-pyrrole nitrogens is 2. The van der Waals surface area contributed by atoms with Crippen LogP contribution < -0.4 is 11.4 Å². The lowest BCUT2D eigenvalue weighted by Gasteiger charge is -2.35. The third-order valence-corrected chi connectivity index (χ3v) is 6.61. The molecular weight excluding hydrogens is 370 g/mol. The Bertz CT molecular complexity index is 986. The molecule has 0 bridgehead atoms. The van der Waals surface area contributed by atoms with Gasteiger partial charge in [-0.25, -0.2) is 13.2 Å². The maximum Gasteiger partial charge on any atom is 0.323 e. The summed E-state index contributed by atoms with van der Waals surface area (Å²) in [7, 11) is -3.70. The average Bonchev–Trinajstić information content (AvgIpc) is 2.99. The number of sulfonamides is 1. The van der Waals surface area contributed by atoms with Gasteiger partial charge in [0.2, 0.25) is 15.9 Å². The van der Waals surface area contributed by atoms with Crippen molar-refractivity contribution < 1.29 is 13.2 Å². The van der Waals surface area contributed by atoms with Gasteiger partial charge in [-0.2, -0.15) is 4.31 Å². The first-order chi connectivity index (χ1) is 12.7. The molecule has 27 heavy (non-hydrogen) atoms. The lowest BCUT2D eigenvalue weighted by atomic mass is 10.0. The number of aromatic amines is 2. The second-order valence-corrected chi connectivity index (χ2v) is 9.19. The second-order valence-electron chi connectivity index (χ2n) is 7.25. The quantitative estimate of drug-likeness (QED) is 0.659. The number of aromatic nitrogens is 2. The average molecular weight is 395 g/mol. The van der Waals surface area contributed by atoms with E-state index >= 15 is 0 Å². The van der Waals surface area contributed by atoms with Crippen LogP contribution in [0.4, 0.5) is 0 Å².